The molecule has 2 unspecified atom stereocenters. The van der Waals surface area contributed by atoms with E-state index in [4.69, 9.17) is 11.6 Å². The lowest BCUT2D eigenvalue weighted by atomic mass is 10.1. The highest BCUT2D eigenvalue weighted by Gasteiger charge is 2.11. The van der Waals surface area contributed by atoms with Crippen LogP contribution in [0.1, 0.15) is 31.1 Å². The third-order valence-electron chi connectivity index (χ3n) is 2.99. The van der Waals surface area contributed by atoms with Gasteiger partial charge in [-0.1, -0.05) is 23.7 Å². The maximum Gasteiger partial charge on any atom is 0.0753 e. The lowest BCUT2D eigenvalue weighted by Crippen LogP contribution is -2.31. The van der Waals surface area contributed by atoms with Crippen molar-refractivity contribution in [2.45, 2.75) is 32.4 Å². The second kappa shape index (κ2) is 6.64. The normalized spacial score (nSPS) is 14.1. The van der Waals surface area contributed by atoms with Crippen LogP contribution in [0.25, 0.3) is 0 Å². The smallest absolute Gasteiger partial charge is 0.0753 e. The van der Waals surface area contributed by atoms with Gasteiger partial charge in [-0.25, -0.2) is 0 Å². The van der Waals surface area contributed by atoms with Gasteiger partial charge in [-0.15, -0.1) is 0 Å². The van der Waals surface area contributed by atoms with Crippen molar-refractivity contribution in [3.05, 3.63) is 59.1 Å². The Morgan fingerprint density at radius 1 is 1.26 bits per heavy atom. The molecule has 0 aliphatic rings. The van der Waals surface area contributed by atoms with Gasteiger partial charge in [0.15, 0.2) is 0 Å². The predicted molar refractivity (Wildman–Crippen MR) is 78.2 cm³/mol. The first-order chi connectivity index (χ1) is 9.15. The highest BCUT2D eigenvalue weighted by molar-refractivity contribution is 6.30. The van der Waals surface area contributed by atoms with E-state index in [1.807, 2.05) is 18.2 Å². The Labute approximate surface area is 119 Å². The third-order valence-corrected chi connectivity index (χ3v) is 3.23. The monoisotopic (exact) mass is 275 g/mol. The number of nitrogens with one attached hydrogen (secondary N) is 1. The fourth-order valence-corrected chi connectivity index (χ4v) is 2.34. The first-order valence-corrected chi connectivity index (χ1v) is 6.79. The topological polar surface area (TPSA) is 37.8 Å². The largest absolute Gasteiger partial charge is 0.306 e. The van der Waals surface area contributed by atoms with E-state index in [0.717, 1.165) is 17.1 Å². The van der Waals surface area contributed by atoms with Gasteiger partial charge in [0, 0.05) is 35.7 Å². The van der Waals surface area contributed by atoms with E-state index in [1.165, 1.54) is 5.56 Å². The molecular weight excluding hydrogens is 258 g/mol. The maximum absolute atomic E-state index is 5.99. The van der Waals surface area contributed by atoms with Crippen molar-refractivity contribution in [1.29, 1.82) is 0 Å². The zero-order valence-electron chi connectivity index (χ0n) is 11.2. The lowest BCUT2D eigenvalue weighted by molar-refractivity contribution is 0.469. The van der Waals surface area contributed by atoms with Crippen LogP contribution in [0.2, 0.25) is 5.02 Å². The molecule has 0 saturated carbocycles. The summed E-state index contributed by atoms with van der Waals surface area (Å²) >= 11 is 5.99. The van der Waals surface area contributed by atoms with Crippen LogP contribution >= 0.6 is 11.6 Å². The van der Waals surface area contributed by atoms with Crippen molar-refractivity contribution in [3.63, 3.8) is 0 Å². The summed E-state index contributed by atoms with van der Waals surface area (Å²) in [6.45, 7) is 4.26. The van der Waals surface area contributed by atoms with E-state index in [2.05, 4.69) is 35.2 Å². The summed E-state index contributed by atoms with van der Waals surface area (Å²) in [5, 5.41) is 4.30. The Morgan fingerprint density at radius 3 is 2.79 bits per heavy atom. The minimum absolute atomic E-state index is 0.183. The summed E-state index contributed by atoms with van der Waals surface area (Å²) in [4.78, 5) is 8.40. The Bertz CT molecular complexity index is 516. The fourth-order valence-electron chi connectivity index (χ4n) is 2.12. The number of rotatable bonds is 5. The van der Waals surface area contributed by atoms with Crippen molar-refractivity contribution in [2.24, 2.45) is 0 Å². The molecule has 4 heteroatoms. The minimum Gasteiger partial charge on any atom is -0.306 e. The van der Waals surface area contributed by atoms with Gasteiger partial charge in [-0.3, -0.25) is 9.97 Å². The molecule has 3 nitrogen and oxygen atoms in total. The Balaban J connectivity index is 1.92. The highest BCUT2D eigenvalue weighted by atomic mass is 35.5. The number of benzene rings is 1. The van der Waals surface area contributed by atoms with Crippen LogP contribution in [0.5, 0.6) is 0 Å². The maximum atomic E-state index is 5.99. The number of hydrogen-bond donors (Lipinski definition) is 1. The van der Waals surface area contributed by atoms with E-state index in [9.17, 15) is 0 Å². The number of aromatic nitrogens is 2. The molecule has 0 saturated heterocycles. The van der Waals surface area contributed by atoms with E-state index >= 15 is 0 Å². The molecular formula is C15H18ClN3. The molecule has 1 aromatic carbocycles. The Morgan fingerprint density at radius 2 is 2.11 bits per heavy atom. The van der Waals surface area contributed by atoms with E-state index in [-0.39, 0.29) is 6.04 Å². The molecule has 19 heavy (non-hydrogen) atoms. The third kappa shape index (κ3) is 4.30. The second-order valence-electron chi connectivity index (χ2n) is 4.75. The zero-order valence-corrected chi connectivity index (χ0v) is 11.9. The number of halogens is 1. The molecule has 0 spiro atoms. The standard InChI is InChI=1S/C15H18ClN3/c1-11(8-13-4-3-5-14(16)9-13)19-12(2)15-10-17-6-7-18-15/h3-7,9-12,19H,8H2,1-2H3. The fraction of sp³-hybridized carbons (Fsp3) is 0.333. The lowest BCUT2D eigenvalue weighted by Gasteiger charge is -2.19. The van der Waals surface area contributed by atoms with Gasteiger partial charge in [0.25, 0.3) is 0 Å². The molecule has 0 amide bonds. The minimum atomic E-state index is 0.183. The summed E-state index contributed by atoms with van der Waals surface area (Å²) in [5.41, 5.74) is 2.19. The molecule has 1 heterocycles. The average molecular weight is 276 g/mol. The van der Waals surface area contributed by atoms with Crippen LogP contribution in [-0.4, -0.2) is 16.0 Å². The van der Waals surface area contributed by atoms with Crippen molar-refractivity contribution in [1.82, 2.24) is 15.3 Å². The van der Waals surface area contributed by atoms with Gasteiger partial charge in [-0.05, 0) is 38.0 Å². The molecule has 0 fully saturated rings. The molecule has 1 aromatic heterocycles. The molecule has 2 atom stereocenters. The summed E-state index contributed by atoms with van der Waals surface area (Å²) in [5.74, 6) is 0. The van der Waals surface area contributed by atoms with Crippen LogP contribution in [0.3, 0.4) is 0 Å². The Kier molecular flexibility index (Phi) is 4.88. The molecule has 0 bridgehead atoms. The first kappa shape index (κ1) is 14.0. The highest BCUT2D eigenvalue weighted by Crippen LogP contribution is 2.14. The quantitative estimate of drug-likeness (QED) is 0.909. The predicted octanol–water partition coefficient (Wildman–Crippen LogP) is 3.41. The van der Waals surface area contributed by atoms with Gasteiger partial charge < -0.3 is 5.32 Å². The molecule has 2 rings (SSSR count). The van der Waals surface area contributed by atoms with Crippen LogP contribution in [0.15, 0.2) is 42.9 Å². The van der Waals surface area contributed by atoms with Crippen molar-refractivity contribution in [2.75, 3.05) is 0 Å². The van der Waals surface area contributed by atoms with E-state index < -0.39 is 0 Å². The first-order valence-electron chi connectivity index (χ1n) is 6.41. The van der Waals surface area contributed by atoms with Crippen molar-refractivity contribution >= 4 is 11.6 Å². The molecule has 100 valence electrons. The molecule has 0 aliphatic carbocycles. The van der Waals surface area contributed by atoms with Crippen molar-refractivity contribution < 1.29 is 0 Å². The van der Waals surface area contributed by atoms with E-state index in [1.54, 1.807) is 18.6 Å². The van der Waals surface area contributed by atoms with Crippen LogP contribution in [-0.2, 0) is 6.42 Å². The number of hydrogen-bond acceptors (Lipinski definition) is 3. The molecule has 2 aromatic rings. The Hall–Kier alpha value is -1.45. The summed E-state index contributed by atoms with van der Waals surface area (Å²) in [6.07, 6.45) is 6.13. The van der Waals surface area contributed by atoms with Gasteiger partial charge in [0.2, 0.25) is 0 Å². The zero-order chi connectivity index (χ0) is 13.7. The number of nitrogens with zero attached hydrogens (tertiary/aromatic N) is 2. The van der Waals surface area contributed by atoms with Gasteiger partial charge in [-0.2, -0.15) is 0 Å². The van der Waals surface area contributed by atoms with Gasteiger partial charge in [0.05, 0.1) is 5.69 Å². The van der Waals surface area contributed by atoms with Crippen LogP contribution in [0, 0.1) is 0 Å². The van der Waals surface area contributed by atoms with Crippen LogP contribution < -0.4 is 5.32 Å². The summed E-state index contributed by atoms with van der Waals surface area (Å²) in [7, 11) is 0. The summed E-state index contributed by atoms with van der Waals surface area (Å²) < 4.78 is 0. The van der Waals surface area contributed by atoms with Crippen LogP contribution in [0.4, 0.5) is 0 Å². The van der Waals surface area contributed by atoms with E-state index in [0.29, 0.717) is 6.04 Å². The van der Waals surface area contributed by atoms with Gasteiger partial charge in [0.1, 0.15) is 0 Å². The molecule has 1 N–H and O–H groups in total. The molecule has 0 radical (unpaired) electrons. The average Bonchev–Trinajstić information content (AvgIpc) is 2.39. The van der Waals surface area contributed by atoms with Gasteiger partial charge >= 0.3 is 0 Å². The summed E-state index contributed by atoms with van der Waals surface area (Å²) in [6, 6.07) is 8.50. The second-order valence-corrected chi connectivity index (χ2v) is 5.19. The van der Waals surface area contributed by atoms with Crippen molar-refractivity contribution in [3.8, 4) is 0 Å². The SMILES string of the molecule is CC(Cc1cccc(Cl)c1)NC(C)c1cnccn1. The molecule has 0 aliphatic heterocycles.